The van der Waals surface area contributed by atoms with Gasteiger partial charge in [0, 0.05) is 34.6 Å². The topological polar surface area (TPSA) is 63.9 Å². The molecule has 108 valence electrons. The Hall–Kier alpha value is -1.66. The van der Waals surface area contributed by atoms with E-state index in [1.807, 2.05) is 12.3 Å². The highest BCUT2D eigenvalue weighted by atomic mass is 79.9. The number of benzene rings is 1. The average molecular weight is 348 g/mol. The lowest BCUT2D eigenvalue weighted by atomic mass is 10.1. The molecule has 5 nitrogen and oxygen atoms in total. The SMILES string of the molecule is Brc1ccc2[nH]cc(Cc3noc([C@H]4CCOC4)n3)c2c1. The zero-order valence-corrected chi connectivity index (χ0v) is 12.9. The predicted octanol–water partition coefficient (Wildman–Crippen LogP) is 3.41. The number of H-pyrrole nitrogens is 1. The van der Waals surface area contributed by atoms with Crippen molar-refractivity contribution < 1.29 is 9.26 Å². The van der Waals surface area contributed by atoms with Crippen molar-refractivity contribution in [3.63, 3.8) is 0 Å². The third-order valence-corrected chi connectivity index (χ3v) is 4.33. The molecule has 1 aromatic carbocycles. The van der Waals surface area contributed by atoms with Gasteiger partial charge in [0.05, 0.1) is 12.5 Å². The Morgan fingerprint density at radius 3 is 3.19 bits per heavy atom. The lowest BCUT2D eigenvalue weighted by Crippen LogP contribution is -1.98. The van der Waals surface area contributed by atoms with Crippen LogP contribution in [0.15, 0.2) is 33.4 Å². The Labute approximate surface area is 129 Å². The second-order valence-corrected chi connectivity index (χ2v) is 6.21. The van der Waals surface area contributed by atoms with E-state index in [0.717, 1.165) is 28.8 Å². The third-order valence-electron chi connectivity index (χ3n) is 3.84. The van der Waals surface area contributed by atoms with Gasteiger partial charge in [-0.05, 0) is 30.2 Å². The summed E-state index contributed by atoms with van der Waals surface area (Å²) in [5, 5.41) is 5.28. The maximum atomic E-state index is 5.37. The fourth-order valence-electron chi connectivity index (χ4n) is 2.70. The largest absolute Gasteiger partial charge is 0.381 e. The van der Waals surface area contributed by atoms with Crippen molar-refractivity contribution in [1.82, 2.24) is 15.1 Å². The summed E-state index contributed by atoms with van der Waals surface area (Å²) < 4.78 is 11.8. The first-order valence-electron chi connectivity index (χ1n) is 6.95. The summed E-state index contributed by atoms with van der Waals surface area (Å²) >= 11 is 3.51. The maximum absolute atomic E-state index is 5.37. The quantitative estimate of drug-likeness (QED) is 0.788. The smallest absolute Gasteiger partial charge is 0.232 e. The first-order valence-corrected chi connectivity index (χ1v) is 7.74. The summed E-state index contributed by atoms with van der Waals surface area (Å²) in [4.78, 5) is 7.78. The van der Waals surface area contributed by atoms with Crippen molar-refractivity contribution in [2.24, 2.45) is 0 Å². The second kappa shape index (κ2) is 5.27. The molecule has 4 rings (SSSR count). The Morgan fingerprint density at radius 1 is 1.38 bits per heavy atom. The van der Waals surface area contributed by atoms with Gasteiger partial charge in [0.1, 0.15) is 0 Å². The predicted molar refractivity (Wildman–Crippen MR) is 81.3 cm³/mol. The molecule has 0 unspecified atom stereocenters. The van der Waals surface area contributed by atoms with Gasteiger partial charge in [-0.1, -0.05) is 21.1 Å². The van der Waals surface area contributed by atoms with Crippen LogP contribution in [-0.2, 0) is 11.2 Å². The highest BCUT2D eigenvalue weighted by molar-refractivity contribution is 9.10. The van der Waals surface area contributed by atoms with Crippen molar-refractivity contribution >= 4 is 26.8 Å². The van der Waals surface area contributed by atoms with Crippen LogP contribution in [0.2, 0.25) is 0 Å². The molecule has 3 heterocycles. The fraction of sp³-hybridized carbons (Fsp3) is 0.333. The number of aromatic nitrogens is 3. The Balaban J connectivity index is 1.61. The van der Waals surface area contributed by atoms with Crippen LogP contribution in [0.3, 0.4) is 0 Å². The van der Waals surface area contributed by atoms with E-state index >= 15 is 0 Å². The van der Waals surface area contributed by atoms with Gasteiger partial charge in [-0.25, -0.2) is 0 Å². The molecule has 3 aromatic rings. The summed E-state index contributed by atoms with van der Waals surface area (Å²) in [5.41, 5.74) is 2.28. The van der Waals surface area contributed by atoms with E-state index in [9.17, 15) is 0 Å². The lowest BCUT2D eigenvalue weighted by molar-refractivity contribution is 0.189. The summed E-state index contributed by atoms with van der Waals surface area (Å²) in [6.45, 7) is 1.46. The van der Waals surface area contributed by atoms with Crippen LogP contribution in [0.5, 0.6) is 0 Å². The molecule has 1 atom stereocenters. The number of hydrogen-bond donors (Lipinski definition) is 1. The highest BCUT2D eigenvalue weighted by Gasteiger charge is 2.23. The number of ether oxygens (including phenoxy) is 1. The minimum atomic E-state index is 0.253. The van der Waals surface area contributed by atoms with Gasteiger partial charge < -0.3 is 14.2 Å². The van der Waals surface area contributed by atoms with E-state index in [4.69, 9.17) is 9.26 Å². The molecule has 0 aliphatic carbocycles. The Bertz CT molecular complexity index is 774. The number of aromatic amines is 1. The van der Waals surface area contributed by atoms with Crippen molar-refractivity contribution in [2.75, 3.05) is 13.2 Å². The second-order valence-electron chi connectivity index (χ2n) is 5.29. The summed E-state index contributed by atoms with van der Waals surface area (Å²) in [7, 11) is 0. The first-order chi connectivity index (χ1) is 10.3. The van der Waals surface area contributed by atoms with Crippen LogP contribution in [0.4, 0.5) is 0 Å². The maximum Gasteiger partial charge on any atom is 0.232 e. The van der Waals surface area contributed by atoms with Gasteiger partial charge in [-0.15, -0.1) is 0 Å². The Morgan fingerprint density at radius 2 is 2.33 bits per heavy atom. The molecule has 1 aliphatic heterocycles. The standard InChI is InChI=1S/C15H14BrN3O2/c16-11-1-2-13-12(6-11)10(7-17-13)5-14-18-15(21-19-14)9-3-4-20-8-9/h1-2,6-7,9,17H,3-5,8H2/t9-/m0/s1. The lowest BCUT2D eigenvalue weighted by Gasteiger charge is -1.98. The number of nitrogens with zero attached hydrogens (tertiary/aromatic N) is 2. The molecule has 0 bridgehead atoms. The fourth-order valence-corrected chi connectivity index (χ4v) is 3.06. The van der Waals surface area contributed by atoms with E-state index in [1.54, 1.807) is 0 Å². The van der Waals surface area contributed by atoms with Crippen molar-refractivity contribution in [1.29, 1.82) is 0 Å². The summed E-state index contributed by atoms with van der Waals surface area (Å²) in [6, 6.07) is 6.18. The average Bonchev–Trinajstić information content (AvgIpc) is 3.20. The van der Waals surface area contributed by atoms with Gasteiger partial charge in [0.15, 0.2) is 5.82 Å². The summed E-state index contributed by atoms with van der Waals surface area (Å²) in [6.07, 6.45) is 3.63. The molecular weight excluding hydrogens is 334 g/mol. The monoisotopic (exact) mass is 347 g/mol. The normalized spacial score (nSPS) is 18.6. The van der Waals surface area contributed by atoms with Crippen molar-refractivity contribution in [3.8, 4) is 0 Å². The Kier molecular flexibility index (Phi) is 3.27. The van der Waals surface area contributed by atoms with Gasteiger partial charge >= 0.3 is 0 Å². The molecule has 2 aromatic heterocycles. The molecule has 21 heavy (non-hydrogen) atoms. The molecule has 1 aliphatic rings. The minimum absolute atomic E-state index is 0.253. The van der Waals surface area contributed by atoms with Crippen LogP contribution in [0.25, 0.3) is 10.9 Å². The molecule has 1 fully saturated rings. The van der Waals surface area contributed by atoms with E-state index in [2.05, 4.69) is 43.2 Å². The van der Waals surface area contributed by atoms with E-state index < -0.39 is 0 Å². The molecule has 0 amide bonds. The molecule has 0 spiro atoms. The van der Waals surface area contributed by atoms with Crippen LogP contribution >= 0.6 is 15.9 Å². The molecule has 0 radical (unpaired) electrons. The number of fused-ring (bicyclic) bond motifs is 1. The third kappa shape index (κ3) is 2.49. The van der Waals surface area contributed by atoms with Crippen molar-refractivity contribution in [3.05, 3.63) is 46.1 Å². The zero-order chi connectivity index (χ0) is 14.2. The van der Waals surface area contributed by atoms with E-state index in [1.165, 1.54) is 10.9 Å². The number of hydrogen-bond acceptors (Lipinski definition) is 4. The van der Waals surface area contributed by atoms with E-state index in [0.29, 0.717) is 18.9 Å². The van der Waals surface area contributed by atoms with Gasteiger partial charge in [-0.2, -0.15) is 4.98 Å². The molecule has 0 saturated carbocycles. The van der Waals surface area contributed by atoms with Gasteiger partial charge in [-0.3, -0.25) is 0 Å². The summed E-state index contributed by atoms with van der Waals surface area (Å²) in [5.74, 6) is 1.67. The minimum Gasteiger partial charge on any atom is -0.381 e. The molecule has 6 heteroatoms. The number of rotatable bonds is 3. The molecular formula is C15H14BrN3O2. The van der Waals surface area contributed by atoms with Crippen LogP contribution in [-0.4, -0.2) is 28.3 Å². The first kappa shape index (κ1) is 13.0. The van der Waals surface area contributed by atoms with Gasteiger partial charge in [0.2, 0.25) is 5.89 Å². The van der Waals surface area contributed by atoms with Crippen molar-refractivity contribution in [2.45, 2.75) is 18.8 Å². The number of halogens is 1. The molecule has 1 N–H and O–H groups in total. The number of nitrogens with one attached hydrogen (secondary N) is 1. The van der Waals surface area contributed by atoms with Crippen LogP contribution in [0, 0.1) is 0 Å². The van der Waals surface area contributed by atoms with E-state index in [-0.39, 0.29) is 5.92 Å². The van der Waals surface area contributed by atoms with Gasteiger partial charge in [0.25, 0.3) is 0 Å². The van der Waals surface area contributed by atoms with Crippen LogP contribution in [0.1, 0.15) is 29.6 Å². The highest BCUT2D eigenvalue weighted by Crippen LogP contribution is 2.26. The van der Waals surface area contributed by atoms with Crippen LogP contribution < -0.4 is 0 Å². The zero-order valence-electron chi connectivity index (χ0n) is 11.3. The molecule has 1 saturated heterocycles.